The molecule has 1 aromatic heterocycles. The Balaban J connectivity index is 2.00. The van der Waals surface area contributed by atoms with Gasteiger partial charge in [0.25, 0.3) is 0 Å². The molecule has 0 aliphatic carbocycles. The van der Waals surface area contributed by atoms with Crippen molar-refractivity contribution in [1.29, 1.82) is 0 Å². The molecular formula is C16H23N3O2. The first-order valence-electron chi connectivity index (χ1n) is 7.14. The number of ether oxygens (including phenoxy) is 1. The van der Waals surface area contributed by atoms with Crippen LogP contribution in [0.1, 0.15) is 28.3 Å². The number of aliphatic hydroxyl groups excluding tert-OH is 1. The first kappa shape index (κ1) is 15.5. The Morgan fingerprint density at radius 1 is 1.14 bits per heavy atom. The molecule has 0 bridgehead atoms. The lowest BCUT2D eigenvalue weighted by Crippen LogP contribution is -2.25. The van der Waals surface area contributed by atoms with E-state index in [2.05, 4.69) is 23.1 Å². The van der Waals surface area contributed by atoms with Crippen molar-refractivity contribution in [2.24, 2.45) is 0 Å². The Hall–Kier alpha value is -1.88. The van der Waals surface area contributed by atoms with Crippen molar-refractivity contribution >= 4 is 0 Å². The topological polar surface area (TPSA) is 60.2 Å². The van der Waals surface area contributed by atoms with Gasteiger partial charge in [-0.2, -0.15) is 5.10 Å². The van der Waals surface area contributed by atoms with Crippen LogP contribution in [0.15, 0.2) is 12.1 Å². The minimum Gasteiger partial charge on any atom is -0.490 e. The average Bonchev–Trinajstić information content (AvgIpc) is 2.72. The summed E-state index contributed by atoms with van der Waals surface area (Å²) in [5.41, 5.74) is 3.39. The summed E-state index contributed by atoms with van der Waals surface area (Å²) in [5.74, 6) is 2.38. The van der Waals surface area contributed by atoms with Gasteiger partial charge in [0.15, 0.2) is 0 Å². The van der Waals surface area contributed by atoms with E-state index in [4.69, 9.17) is 4.74 Å². The third-order valence-corrected chi connectivity index (χ3v) is 3.64. The number of benzene rings is 1. The van der Waals surface area contributed by atoms with Gasteiger partial charge < -0.3 is 9.84 Å². The lowest BCUT2D eigenvalue weighted by molar-refractivity contribution is 0.0879. The second-order valence-corrected chi connectivity index (χ2v) is 5.51. The largest absolute Gasteiger partial charge is 0.490 e. The molecule has 2 rings (SSSR count). The van der Waals surface area contributed by atoms with E-state index in [9.17, 15) is 5.11 Å². The number of hydrogen-bond acceptors (Lipinski definition) is 4. The molecule has 0 saturated carbocycles. The molecule has 0 amide bonds. The quantitative estimate of drug-likeness (QED) is 0.917. The number of aryl methyl sites for hydroxylation is 4. The average molecular weight is 289 g/mol. The van der Waals surface area contributed by atoms with E-state index in [0.29, 0.717) is 12.4 Å². The van der Waals surface area contributed by atoms with Crippen molar-refractivity contribution in [2.45, 2.75) is 47.3 Å². The maximum absolute atomic E-state index is 10.1. The Morgan fingerprint density at radius 2 is 1.81 bits per heavy atom. The Morgan fingerprint density at radius 3 is 2.43 bits per heavy atom. The van der Waals surface area contributed by atoms with Crippen molar-refractivity contribution < 1.29 is 9.84 Å². The molecule has 5 heteroatoms. The van der Waals surface area contributed by atoms with Crippen molar-refractivity contribution in [3.05, 3.63) is 40.5 Å². The van der Waals surface area contributed by atoms with Crippen LogP contribution >= 0.6 is 0 Å². The third kappa shape index (κ3) is 3.61. The summed E-state index contributed by atoms with van der Waals surface area (Å²) < 4.78 is 7.53. The van der Waals surface area contributed by atoms with Gasteiger partial charge >= 0.3 is 0 Å². The molecule has 0 aliphatic heterocycles. The third-order valence-electron chi connectivity index (χ3n) is 3.64. The summed E-state index contributed by atoms with van der Waals surface area (Å²) in [7, 11) is 0. The molecule has 0 radical (unpaired) electrons. The van der Waals surface area contributed by atoms with E-state index in [1.54, 1.807) is 4.68 Å². The predicted molar refractivity (Wildman–Crippen MR) is 81.7 cm³/mol. The highest BCUT2D eigenvalue weighted by Gasteiger charge is 2.12. The van der Waals surface area contributed by atoms with E-state index in [0.717, 1.165) is 22.7 Å². The summed E-state index contributed by atoms with van der Waals surface area (Å²) in [6.45, 7) is 10.4. The molecular weight excluding hydrogens is 266 g/mol. The molecule has 114 valence electrons. The van der Waals surface area contributed by atoms with Crippen LogP contribution < -0.4 is 4.74 Å². The minimum atomic E-state index is -0.621. The van der Waals surface area contributed by atoms with Gasteiger partial charge in [-0.25, -0.2) is 9.67 Å². The summed E-state index contributed by atoms with van der Waals surface area (Å²) in [6.07, 6.45) is -0.621. The fourth-order valence-corrected chi connectivity index (χ4v) is 2.31. The van der Waals surface area contributed by atoms with E-state index in [-0.39, 0.29) is 6.61 Å². The van der Waals surface area contributed by atoms with Gasteiger partial charge in [0, 0.05) is 0 Å². The lowest BCUT2D eigenvalue weighted by atomic mass is 10.1. The molecule has 0 fully saturated rings. The van der Waals surface area contributed by atoms with Gasteiger partial charge in [0.1, 0.15) is 30.1 Å². The molecule has 2 aromatic rings. The van der Waals surface area contributed by atoms with Crippen molar-refractivity contribution in [3.8, 4) is 5.75 Å². The zero-order chi connectivity index (χ0) is 15.6. The number of hydrogen-bond donors (Lipinski definition) is 1. The van der Waals surface area contributed by atoms with Crippen LogP contribution in [0, 0.1) is 34.6 Å². The molecule has 1 unspecified atom stereocenters. The molecule has 0 spiro atoms. The number of aliphatic hydroxyl groups is 1. The molecule has 1 atom stereocenters. The van der Waals surface area contributed by atoms with E-state index < -0.39 is 6.10 Å². The molecule has 1 aromatic carbocycles. The summed E-state index contributed by atoms with van der Waals surface area (Å²) in [6, 6.07) is 4.12. The molecule has 0 saturated heterocycles. The summed E-state index contributed by atoms with van der Waals surface area (Å²) >= 11 is 0. The van der Waals surface area contributed by atoms with Gasteiger partial charge in [-0.1, -0.05) is 12.1 Å². The second kappa shape index (κ2) is 6.26. The van der Waals surface area contributed by atoms with Crippen molar-refractivity contribution in [1.82, 2.24) is 14.8 Å². The number of rotatable bonds is 5. The number of aromatic nitrogens is 3. The highest BCUT2D eigenvalue weighted by Crippen LogP contribution is 2.25. The van der Waals surface area contributed by atoms with E-state index in [1.165, 1.54) is 5.56 Å². The first-order chi connectivity index (χ1) is 9.88. The molecule has 5 nitrogen and oxygen atoms in total. The second-order valence-electron chi connectivity index (χ2n) is 5.51. The standard InChI is InChI=1S/C16H23N3O2/c1-10-6-7-11(2)16(12(10)3)21-9-15(20)8-19-14(5)17-13(4)18-19/h6-7,15,20H,8-9H2,1-5H3. The minimum absolute atomic E-state index is 0.240. The van der Waals surface area contributed by atoms with Crippen LogP contribution in [0.25, 0.3) is 0 Å². The van der Waals surface area contributed by atoms with Crippen LogP contribution in [-0.4, -0.2) is 32.6 Å². The molecule has 0 aliphatic rings. The molecule has 1 N–H and O–H groups in total. The lowest BCUT2D eigenvalue weighted by Gasteiger charge is -2.17. The van der Waals surface area contributed by atoms with Gasteiger partial charge in [-0.3, -0.25) is 0 Å². The van der Waals surface area contributed by atoms with E-state index in [1.807, 2.05) is 33.8 Å². The van der Waals surface area contributed by atoms with E-state index >= 15 is 0 Å². The summed E-state index contributed by atoms with van der Waals surface area (Å²) in [5, 5.41) is 14.4. The zero-order valence-corrected chi connectivity index (χ0v) is 13.3. The maximum atomic E-state index is 10.1. The normalized spacial score (nSPS) is 12.5. The highest BCUT2D eigenvalue weighted by atomic mass is 16.5. The van der Waals surface area contributed by atoms with Gasteiger partial charge in [0.2, 0.25) is 0 Å². The van der Waals surface area contributed by atoms with Crippen molar-refractivity contribution in [2.75, 3.05) is 6.61 Å². The SMILES string of the molecule is Cc1nc(C)n(CC(O)COc2c(C)ccc(C)c2C)n1. The highest BCUT2D eigenvalue weighted by molar-refractivity contribution is 5.44. The Bertz CT molecular complexity index is 635. The van der Waals surface area contributed by atoms with Crippen LogP contribution in [0.2, 0.25) is 0 Å². The van der Waals surface area contributed by atoms with Crippen LogP contribution in [-0.2, 0) is 6.54 Å². The fraction of sp³-hybridized carbons (Fsp3) is 0.500. The van der Waals surface area contributed by atoms with Crippen molar-refractivity contribution in [3.63, 3.8) is 0 Å². The van der Waals surface area contributed by atoms with Crippen LogP contribution in [0.3, 0.4) is 0 Å². The monoisotopic (exact) mass is 289 g/mol. The van der Waals surface area contributed by atoms with Gasteiger partial charge in [-0.15, -0.1) is 0 Å². The van der Waals surface area contributed by atoms with Gasteiger partial charge in [-0.05, 0) is 51.3 Å². The summed E-state index contributed by atoms with van der Waals surface area (Å²) in [4.78, 5) is 4.22. The Labute approximate surface area is 125 Å². The Kier molecular flexibility index (Phi) is 4.63. The predicted octanol–water partition coefficient (Wildman–Crippen LogP) is 2.26. The number of nitrogens with zero attached hydrogens (tertiary/aromatic N) is 3. The molecule has 1 heterocycles. The van der Waals surface area contributed by atoms with Crippen LogP contribution in [0.4, 0.5) is 0 Å². The zero-order valence-electron chi connectivity index (χ0n) is 13.3. The van der Waals surface area contributed by atoms with Crippen LogP contribution in [0.5, 0.6) is 5.75 Å². The smallest absolute Gasteiger partial charge is 0.147 e. The fourth-order valence-electron chi connectivity index (χ4n) is 2.31. The molecule has 21 heavy (non-hydrogen) atoms. The van der Waals surface area contributed by atoms with Gasteiger partial charge in [0.05, 0.1) is 6.54 Å². The first-order valence-corrected chi connectivity index (χ1v) is 7.14. The maximum Gasteiger partial charge on any atom is 0.147 e.